The van der Waals surface area contributed by atoms with Crippen LogP contribution in [0.15, 0.2) is 21.9 Å². The van der Waals surface area contributed by atoms with Gasteiger partial charge in [-0.05, 0) is 13.3 Å². The quantitative estimate of drug-likeness (QED) is 0.699. The molecule has 4 atom stereocenters. The van der Waals surface area contributed by atoms with Crippen molar-refractivity contribution in [2.24, 2.45) is 0 Å². The molecule has 1 aliphatic heterocycles. The molecule has 2 heterocycles. The lowest BCUT2D eigenvalue weighted by atomic mass is 10.1. The topological polar surface area (TPSA) is 93.6 Å². The molecule has 2 rings (SSSR count). The summed E-state index contributed by atoms with van der Waals surface area (Å²) in [5.74, 6) is 0. The van der Waals surface area contributed by atoms with E-state index in [0.29, 0.717) is 6.61 Å². The summed E-state index contributed by atoms with van der Waals surface area (Å²) in [5, 5.41) is 10.3. The van der Waals surface area contributed by atoms with Crippen molar-refractivity contribution in [3.05, 3.63) is 33.1 Å². The van der Waals surface area contributed by atoms with Crippen molar-refractivity contribution >= 4 is 0 Å². The molecule has 0 spiro atoms. The van der Waals surface area contributed by atoms with Crippen LogP contribution in [0.2, 0.25) is 0 Å². The summed E-state index contributed by atoms with van der Waals surface area (Å²) in [4.78, 5) is 25.3. The molecule has 23 heavy (non-hydrogen) atoms. The molecule has 0 saturated carbocycles. The number of aromatic nitrogens is 2. The first-order chi connectivity index (χ1) is 11.6. The fourth-order valence-electron chi connectivity index (χ4n) is 2.67. The van der Waals surface area contributed by atoms with E-state index in [0.717, 1.165) is 19.3 Å². The number of rotatable bonds is 8. The minimum absolute atomic E-state index is 0.133. The minimum atomic E-state index is -0.984. The van der Waals surface area contributed by atoms with Gasteiger partial charge in [-0.1, -0.05) is 32.6 Å². The second-order valence-electron chi connectivity index (χ2n) is 5.82. The fraction of sp³-hybridized carbons (Fsp3) is 0.750. The molecular weight excluding hydrogens is 300 g/mol. The van der Waals surface area contributed by atoms with Crippen LogP contribution in [0.25, 0.3) is 0 Å². The monoisotopic (exact) mass is 327 g/mol. The van der Waals surface area contributed by atoms with Crippen LogP contribution in [0.3, 0.4) is 0 Å². The third-order valence-corrected chi connectivity index (χ3v) is 4.00. The van der Waals surface area contributed by atoms with E-state index < -0.39 is 35.8 Å². The summed E-state index contributed by atoms with van der Waals surface area (Å²) < 4.78 is 20.0. The Morgan fingerprint density at radius 1 is 1.39 bits per heavy atom. The molecule has 130 valence electrons. The molecule has 2 N–H and O–H groups in total. The first-order valence-electron chi connectivity index (χ1n) is 8.85. The molecule has 1 aromatic rings. The number of nitrogens with zero attached hydrogens (tertiary/aromatic N) is 1. The fourth-order valence-corrected chi connectivity index (χ4v) is 2.67. The Hall–Kier alpha value is -1.44. The number of aromatic amines is 1. The predicted octanol–water partition coefficient (Wildman–Crippen LogP) is 1.17. The molecule has 1 saturated heterocycles. The molecule has 0 bridgehead atoms. The summed E-state index contributed by atoms with van der Waals surface area (Å²) in [7, 11) is 0. The largest absolute Gasteiger partial charge is 0.388 e. The van der Waals surface area contributed by atoms with E-state index in [-0.39, 0.29) is 6.90 Å². The summed E-state index contributed by atoms with van der Waals surface area (Å²) >= 11 is 0. The summed E-state index contributed by atoms with van der Waals surface area (Å²) in [6, 6.07) is 1.22. The van der Waals surface area contributed by atoms with Crippen LogP contribution in [-0.4, -0.2) is 39.6 Å². The van der Waals surface area contributed by atoms with Gasteiger partial charge in [-0.15, -0.1) is 0 Å². The average molecular weight is 327 g/mol. The van der Waals surface area contributed by atoms with E-state index in [1.54, 1.807) is 0 Å². The zero-order chi connectivity index (χ0) is 17.5. The minimum Gasteiger partial charge on any atom is -0.388 e. The van der Waals surface area contributed by atoms with Gasteiger partial charge in [-0.2, -0.15) is 0 Å². The maximum Gasteiger partial charge on any atom is 0.330 e. The predicted molar refractivity (Wildman–Crippen MR) is 85.4 cm³/mol. The zero-order valence-electron chi connectivity index (χ0n) is 14.4. The van der Waals surface area contributed by atoms with Crippen LogP contribution in [-0.2, 0) is 9.47 Å². The number of H-pyrrole nitrogens is 1. The van der Waals surface area contributed by atoms with Crippen LogP contribution >= 0.6 is 0 Å². The van der Waals surface area contributed by atoms with Gasteiger partial charge in [0.1, 0.15) is 12.2 Å². The van der Waals surface area contributed by atoms with Gasteiger partial charge in [-0.3, -0.25) is 14.3 Å². The molecule has 1 unspecified atom stereocenters. The summed E-state index contributed by atoms with van der Waals surface area (Å²) in [6.45, 7) is 2.47. The Balaban J connectivity index is 2.04. The molecule has 7 nitrogen and oxygen atoms in total. The van der Waals surface area contributed by atoms with Crippen LogP contribution in [0.5, 0.6) is 0 Å². The van der Waals surface area contributed by atoms with Crippen molar-refractivity contribution in [1.82, 2.24) is 9.55 Å². The van der Waals surface area contributed by atoms with E-state index in [1.165, 1.54) is 29.7 Å². The standard InChI is InChI=1S/C16H26N2O5/c1-3-4-5-6-7-10-22-14-13(20)11(2)23-15(14)18-9-8-12(19)17-16(18)21/h8-9,11,13-15,20H,3-7,10H2,1-2H3,(H,17,19,21)/t11-,13?,14+,15-/m1/s1/i2D. The highest BCUT2D eigenvalue weighted by Crippen LogP contribution is 2.30. The number of unbranched alkanes of at least 4 members (excludes halogenated alkanes) is 4. The van der Waals surface area contributed by atoms with Gasteiger partial charge in [0.25, 0.3) is 5.56 Å². The molecule has 0 amide bonds. The van der Waals surface area contributed by atoms with E-state index in [9.17, 15) is 14.7 Å². The highest BCUT2D eigenvalue weighted by atomic mass is 16.6. The number of nitrogens with one attached hydrogen (secondary N) is 1. The Morgan fingerprint density at radius 3 is 2.87 bits per heavy atom. The van der Waals surface area contributed by atoms with Crippen molar-refractivity contribution < 1.29 is 16.0 Å². The van der Waals surface area contributed by atoms with Gasteiger partial charge in [0.15, 0.2) is 6.23 Å². The number of hydrogen-bond donors (Lipinski definition) is 2. The van der Waals surface area contributed by atoms with Crippen LogP contribution in [0, 0.1) is 0 Å². The second kappa shape index (κ2) is 8.42. The van der Waals surface area contributed by atoms with Gasteiger partial charge in [0, 0.05) is 20.2 Å². The lowest BCUT2D eigenvalue weighted by Crippen LogP contribution is -2.39. The Kier molecular flexibility index (Phi) is 6.01. The number of ether oxygens (including phenoxy) is 2. The number of aliphatic hydroxyl groups excluding tert-OH is 1. The Bertz CT molecular complexity index is 617. The van der Waals surface area contributed by atoms with Crippen LogP contribution in [0.1, 0.15) is 53.5 Å². The Morgan fingerprint density at radius 2 is 2.17 bits per heavy atom. The van der Waals surface area contributed by atoms with E-state index in [1.807, 2.05) is 0 Å². The molecule has 1 aliphatic rings. The lowest BCUT2D eigenvalue weighted by molar-refractivity contribution is -0.0703. The smallest absolute Gasteiger partial charge is 0.330 e. The SMILES string of the molecule is [2H]C[C@H]1O[C@@H](n2ccc(=O)[nH]c2=O)[C@@H](OCCCCCCC)C1O. The van der Waals surface area contributed by atoms with Crippen molar-refractivity contribution in [3.8, 4) is 0 Å². The third kappa shape index (κ3) is 4.53. The van der Waals surface area contributed by atoms with Gasteiger partial charge < -0.3 is 14.6 Å². The average Bonchev–Trinajstić information content (AvgIpc) is 2.87. The summed E-state index contributed by atoms with van der Waals surface area (Å²) in [6.07, 6.45) is 3.42. The molecular formula is C16H26N2O5. The van der Waals surface area contributed by atoms with Crippen LogP contribution < -0.4 is 11.2 Å². The molecule has 0 aliphatic carbocycles. The highest BCUT2D eigenvalue weighted by Gasteiger charge is 2.43. The van der Waals surface area contributed by atoms with Gasteiger partial charge in [-0.25, -0.2) is 4.79 Å². The van der Waals surface area contributed by atoms with Crippen molar-refractivity contribution in [2.75, 3.05) is 6.61 Å². The molecule has 7 heteroatoms. The highest BCUT2D eigenvalue weighted by molar-refractivity contribution is 4.92. The lowest BCUT2D eigenvalue weighted by Gasteiger charge is -2.22. The molecule has 1 aromatic heterocycles. The van der Waals surface area contributed by atoms with E-state index in [4.69, 9.17) is 10.8 Å². The second-order valence-corrected chi connectivity index (χ2v) is 5.82. The first kappa shape index (κ1) is 16.4. The van der Waals surface area contributed by atoms with E-state index >= 15 is 0 Å². The van der Waals surface area contributed by atoms with Crippen molar-refractivity contribution in [2.45, 2.75) is 70.5 Å². The van der Waals surface area contributed by atoms with Crippen LogP contribution in [0.4, 0.5) is 0 Å². The summed E-state index contributed by atoms with van der Waals surface area (Å²) in [5.41, 5.74) is -1.12. The normalized spacial score (nSPS) is 28.0. The first-order valence-corrected chi connectivity index (χ1v) is 8.14. The molecule has 0 aromatic carbocycles. The molecule has 1 fully saturated rings. The van der Waals surface area contributed by atoms with Gasteiger partial charge in [0.2, 0.25) is 0 Å². The number of aliphatic hydroxyl groups is 1. The van der Waals surface area contributed by atoms with Crippen molar-refractivity contribution in [3.63, 3.8) is 0 Å². The maximum atomic E-state index is 12.0. The van der Waals surface area contributed by atoms with E-state index in [2.05, 4.69) is 11.9 Å². The zero-order valence-corrected chi connectivity index (χ0v) is 13.4. The maximum absolute atomic E-state index is 12.0. The third-order valence-electron chi connectivity index (χ3n) is 4.00. The molecule has 0 radical (unpaired) electrons. The van der Waals surface area contributed by atoms with Gasteiger partial charge in [0.05, 0.1) is 6.10 Å². The van der Waals surface area contributed by atoms with Gasteiger partial charge >= 0.3 is 5.69 Å². The number of hydrogen-bond acceptors (Lipinski definition) is 5. The van der Waals surface area contributed by atoms with Crippen molar-refractivity contribution in [1.29, 1.82) is 0 Å². The Labute approximate surface area is 136 Å².